The molecular formula is C21H22ClNO2. The minimum Gasteiger partial charge on any atom is -0.488 e. The Bertz CT molecular complexity index is 750. The molecule has 3 aromatic carbocycles. The molecule has 0 spiro atoms. The number of benzene rings is 3. The van der Waals surface area contributed by atoms with Crippen LogP contribution in [0.1, 0.15) is 5.56 Å². The van der Waals surface area contributed by atoms with Gasteiger partial charge in [0.25, 0.3) is 0 Å². The summed E-state index contributed by atoms with van der Waals surface area (Å²) in [4.78, 5) is 0. The highest BCUT2D eigenvalue weighted by Gasteiger charge is 2.09. The third kappa shape index (κ3) is 5.82. The van der Waals surface area contributed by atoms with E-state index in [9.17, 15) is 0 Å². The first-order valence-electron chi connectivity index (χ1n) is 8.05. The van der Waals surface area contributed by atoms with Gasteiger partial charge in [-0.05, 0) is 36.2 Å². The molecule has 0 bridgehead atoms. The zero-order chi connectivity index (χ0) is 16.6. The number of hydrogen-bond acceptors (Lipinski definition) is 3. The molecule has 0 saturated heterocycles. The fourth-order valence-corrected chi connectivity index (χ4v) is 2.44. The Hall–Kier alpha value is -2.49. The number of ether oxygens (including phenoxy) is 2. The largest absolute Gasteiger partial charge is 0.488 e. The maximum Gasteiger partial charge on any atom is 0.169 e. The quantitative estimate of drug-likeness (QED) is 0.659. The third-order valence-electron chi connectivity index (χ3n) is 3.61. The summed E-state index contributed by atoms with van der Waals surface area (Å²) in [5, 5.41) is 0. The van der Waals surface area contributed by atoms with Gasteiger partial charge in [-0.1, -0.05) is 60.7 Å². The van der Waals surface area contributed by atoms with E-state index in [0.29, 0.717) is 18.1 Å². The third-order valence-corrected chi connectivity index (χ3v) is 3.61. The van der Waals surface area contributed by atoms with Crippen LogP contribution in [0.15, 0.2) is 84.9 Å². The van der Waals surface area contributed by atoms with E-state index in [-0.39, 0.29) is 18.4 Å². The van der Waals surface area contributed by atoms with Gasteiger partial charge in [0, 0.05) is 6.04 Å². The second-order valence-corrected chi connectivity index (χ2v) is 5.62. The van der Waals surface area contributed by atoms with Crippen molar-refractivity contribution in [3.8, 4) is 17.2 Å². The molecule has 0 heterocycles. The molecule has 0 radical (unpaired) electrons. The Morgan fingerprint density at radius 1 is 0.720 bits per heavy atom. The second-order valence-electron chi connectivity index (χ2n) is 5.62. The molecule has 3 aromatic rings. The normalized spacial score (nSPS) is 11.2. The molecule has 130 valence electrons. The molecule has 0 aliphatic rings. The van der Waals surface area contributed by atoms with Crippen LogP contribution in [0.5, 0.6) is 17.2 Å². The summed E-state index contributed by atoms with van der Waals surface area (Å²) >= 11 is 0. The molecule has 2 N–H and O–H groups in total. The Balaban J connectivity index is 0.00000225. The first-order valence-corrected chi connectivity index (χ1v) is 8.05. The Kier molecular flexibility index (Phi) is 7.33. The molecule has 0 unspecified atom stereocenters. The molecule has 3 rings (SSSR count). The van der Waals surface area contributed by atoms with E-state index >= 15 is 0 Å². The monoisotopic (exact) mass is 355 g/mol. The lowest BCUT2D eigenvalue weighted by Crippen LogP contribution is -2.30. The van der Waals surface area contributed by atoms with Crippen LogP contribution >= 0.6 is 12.4 Å². The minimum absolute atomic E-state index is 0. The molecule has 1 atom stereocenters. The number of hydrogen-bond donors (Lipinski definition) is 1. The van der Waals surface area contributed by atoms with Gasteiger partial charge in [0.15, 0.2) is 11.5 Å². The highest BCUT2D eigenvalue weighted by atomic mass is 35.5. The van der Waals surface area contributed by atoms with Crippen LogP contribution < -0.4 is 15.2 Å². The van der Waals surface area contributed by atoms with Crippen LogP contribution in [0.4, 0.5) is 0 Å². The molecule has 25 heavy (non-hydrogen) atoms. The highest BCUT2D eigenvalue weighted by molar-refractivity contribution is 5.85. The standard InChI is InChI=1S/C21H21NO2.ClH/c22-18(15-17-9-3-1-4-10-17)16-23-20-13-7-8-14-21(20)24-19-11-5-2-6-12-19;/h1-14,18H,15-16,22H2;1H/t18-;/m1./s1. The summed E-state index contributed by atoms with van der Waals surface area (Å²) in [5.74, 6) is 2.17. The van der Waals surface area contributed by atoms with Gasteiger partial charge >= 0.3 is 0 Å². The van der Waals surface area contributed by atoms with Crippen molar-refractivity contribution in [2.24, 2.45) is 5.73 Å². The molecule has 0 aliphatic heterocycles. The van der Waals surface area contributed by atoms with Gasteiger partial charge in [-0.3, -0.25) is 0 Å². The molecule has 0 amide bonds. The number of para-hydroxylation sites is 3. The Morgan fingerprint density at radius 2 is 1.28 bits per heavy atom. The van der Waals surface area contributed by atoms with Crippen molar-refractivity contribution in [2.75, 3.05) is 6.61 Å². The molecule has 0 aromatic heterocycles. The summed E-state index contributed by atoms with van der Waals surface area (Å²) in [5.41, 5.74) is 7.40. The van der Waals surface area contributed by atoms with E-state index in [1.54, 1.807) is 0 Å². The predicted molar refractivity (Wildman–Crippen MR) is 104 cm³/mol. The summed E-state index contributed by atoms with van der Waals surface area (Å²) in [6.07, 6.45) is 0.780. The fourth-order valence-electron chi connectivity index (χ4n) is 2.44. The summed E-state index contributed by atoms with van der Waals surface area (Å²) in [7, 11) is 0. The van der Waals surface area contributed by atoms with Crippen molar-refractivity contribution in [3.05, 3.63) is 90.5 Å². The van der Waals surface area contributed by atoms with Crippen molar-refractivity contribution in [3.63, 3.8) is 0 Å². The lowest BCUT2D eigenvalue weighted by atomic mass is 10.1. The van der Waals surface area contributed by atoms with Gasteiger partial charge in [-0.2, -0.15) is 0 Å². The van der Waals surface area contributed by atoms with Crippen LogP contribution in [-0.2, 0) is 6.42 Å². The average molecular weight is 356 g/mol. The minimum atomic E-state index is -0.0721. The van der Waals surface area contributed by atoms with Gasteiger partial charge in [-0.25, -0.2) is 0 Å². The Morgan fingerprint density at radius 3 is 1.96 bits per heavy atom. The van der Waals surface area contributed by atoms with Crippen LogP contribution in [-0.4, -0.2) is 12.6 Å². The molecule has 4 heteroatoms. The SMILES string of the molecule is Cl.N[C@@H](COc1ccccc1Oc1ccccc1)Cc1ccccc1. The van der Waals surface area contributed by atoms with E-state index in [2.05, 4.69) is 12.1 Å². The van der Waals surface area contributed by atoms with E-state index < -0.39 is 0 Å². The first-order chi connectivity index (χ1) is 11.8. The van der Waals surface area contributed by atoms with Gasteiger partial charge in [0.05, 0.1) is 0 Å². The van der Waals surface area contributed by atoms with Crippen LogP contribution in [0.25, 0.3) is 0 Å². The number of rotatable bonds is 7. The topological polar surface area (TPSA) is 44.5 Å². The predicted octanol–water partition coefficient (Wildman–Crippen LogP) is 4.85. The summed E-state index contributed by atoms with van der Waals surface area (Å²) in [6, 6.07) is 27.4. The first kappa shape index (κ1) is 18.8. The zero-order valence-corrected chi connectivity index (χ0v) is 14.7. The van der Waals surface area contributed by atoms with Crippen LogP contribution in [0.2, 0.25) is 0 Å². The molecule has 0 saturated carbocycles. The second kappa shape index (κ2) is 9.72. The van der Waals surface area contributed by atoms with Crippen molar-refractivity contribution < 1.29 is 9.47 Å². The maximum absolute atomic E-state index is 6.19. The van der Waals surface area contributed by atoms with Crippen molar-refractivity contribution in [2.45, 2.75) is 12.5 Å². The fraction of sp³-hybridized carbons (Fsp3) is 0.143. The zero-order valence-electron chi connectivity index (χ0n) is 13.9. The van der Waals surface area contributed by atoms with E-state index in [0.717, 1.165) is 12.2 Å². The smallest absolute Gasteiger partial charge is 0.169 e. The molecule has 0 aliphatic carbocycles. The van der Waals surface area contributed by atoms with E-state index in [4.69, 9.17) is 15.2 Å². The lowest BCUT2D eigenvalue weighted by molar-refractivity contribution is 0.276. The lowest BCUT2D eigenvalue weighted by Gasteiger charge is -2.16. The summed E-state index contributed by atoms with van der Waals surface area (Å²) in [6.45, 7) is 0.435. The van der Waals surface area contributed by atoms with Gasteiger partial charge in [-0.15, -0.1) is 12.4 Å². The maximum atomic E-state index is 6.19. The van der Waals surface area contributed by atoms with Crippen molar-refractivity contribution in [1.29, 1.82) is 0 Å². The number of nitrogens with two attached hydrogens (primary N) is 1. The van der Waals surface area contributed by atoms with Crippen LogP contribution in [0.3, 0.4) is 0 Å². The Labute approximate surface area is 154 Å². The summed E-state index contributed by atoms with van der Waals surface area (Å²) < 4.78 is 11.8. The van der Waals surface area contributed by atoms with Crippen molar-refractivity contribution >= 4 is 12.4 Å². The molecule has 0 fully saturated rings. The van der Waals surface area contributed by atoms with Gasteiger partial charge in [0.2, 0.25) is 0 Å². The van der Waals surface area contributed by atoms with Crippen LogP contribution in [0, 0.1) is 0 Å². The van der Waals surface area contributed by atoms with E-state index in [1.165, 1.54) is 5.56 Å². The van der Waals surface area contributed by atoms with Gasteiger partial charge in [0.1, 0.15) is 12.4 Å². The number of halogens is 1. The molecule has 3 nitrogen and oxygen atoms in total. The highest BCUT2D eigenvalue weighted by Crippen LogP contribution is 2.31. The van der Waals surface area contributed by atoms with Gasteiger partial charge < -0.3 is 15.2 Å². The molecular weight excluding hydrogens is 334 g/mol. The average Bonchev–Trinajstić information content (AvgIpc) is 2.63. The van der Waals surface area contributed by atoms with Crippen molar-refractivity contribution in [1.82, 2.24) is 0 Å². The van der Waals surface area contributed by atoms with E-state index in [1.807, 2.05) is 72.8 Å².